The van der Waals surface area contributed by atoms with Crippen molar-refractivity contribution in [2.45, 2.75) is 49.9 Å². The van der Waals surface area contributed by atoms with Gasteiger partial charge in [0.25, 0.3) is 0 Å². The summed E-state index contributed by atoms with van der Waals surface area (Å²) in [6.45, 7) is 4.57. The first-order chi connectivity index (χ1) is 4.41. The summed E-state index contributed by atoms with van der Waals surface area (Å²) in [6.07, 6.45) is 5.78. The first-order valence-electron chi connectivity index (χ1n) is 4.12. The van der Waals surface area contributed by atoms with Crippen LogP contribution in [0.1, 0.15) is 39.5 Å². The van der Waals surface area contributed by atoms with E-state index in [0.717, 1.165) is 0 Å². The molecule has 0 rings (SSSR count). The molecule has 1 heteroatoms. The number of hydrogen-bond donors (Lipinski definition) is 0. The normalized spacial score (nSPS) is 10.0. The van der Waals surface area contributed by atoms with E-state index in [0.29, 0.717) is 15.8 Å². The van der Waals surface area contributed by atoms with Gasteiger partial charge in [0.15, 0.2) is 0 Å². The molecule has 0 heterocycles. The maximum absolute atomic E-state index is 2.28. The Bertz CT molecular complexity index is 37.8. The molecule has 0 atom stereocenters. The van der Waals surface area contributed by atoms with Crippen LogP contribution in [0, 0.1) is 0 Å². The molecule has 0 aromatic carbocycles. The van der Waals surface area contributed by atoms with Crippen molar-refractivity contribution in [3.05, 3.63) is 0 Å². The van der Waals surface area contributed by atoms with Crippen molar-refractivity contribution in [2.75, 3.05) is 0 Å². The SMILES string of the molecule is CCCC[AsH]CCCC. The monoisotopic (exact) mass is 190 g/mol. The molecule has 0 aliphatic rings. The molecular weight excluding hydrogens is 171 g/mol. The molecule has 0 fully saturated rings. The molecule has 0 nitrogen and oxygen atoms in total. The molecule has 0 saturated heterocycles. The van der Waals surface area contributed by atoms with Gasteiger partial charge in [-0.1, -0.05) is 0 Å². The first kappa shape index (κ1) is 9.56. The molecule has 0 radical (unpaired) electrons. The van der Waals surface area contributed by atoms with Crippen LogP contribution < -0.4 is 0 Å². The number of rotatable bonds is 6. The van der Waals surface area contributed by atoms with Gasteiger partial charge in [-0.2, -0.15) is 0 Å². The molecule has 0 aliphatic carbocycles. The quantitative estimate of drug-likeness (QED) is 0.446. The van der Waals surface area contributed by atoms with Gasteiger partial charge >= 0.3 is 65.7 Å². The van der Waals surface area contributed by atoms with Crippen molar-refractivity contribution in [3.63, 3.8) is 0 Å². The Morgan fingerprint density at radius 2 is 1.33 bits per heavy atom. The van der Waals surface area contributed by atoms with E-state index >= 15 is 0 Å². The molecule has 0 spiro atoms. The fourth-order valence-corrected chi connectivity index (χ4v) is 3.79. The van der Waals surface area contributed by atoms with Gasteiger partial charge in [-0.15, -0.1) is 0 Å². The predicted octanol–water partition coefficient (Wildman–Crippen LogP) is 2.86. The third-order valence-electron chi connectivity index (χ3n) is 1.41. The average Bonchev–Trinajstić information content (AvgIpc) is 1.89. The van der Waals surface area contributed by atoms with E-state index in [1.807, 2.05) is 0 Å². The number of unbranched alkanes of at least 4 members (excludes halogenated alkanes) is 2. The second kappa shape index (κ2) is 8.56. The Morgan fingerprint density at radius 1 is 0.889 bits per heavy atom. The second-order valence-electron chi connectivity index (χ2n) is 2.46. The van der Waals surface area contributed by atoms with Gasteiger partial charge in [0, 0.05) is 0 Å². The van der Waals surface area contributed by atoms with Gasteiger partial charge in [0.05, 0.1) is 0 Å². The maximum atomic E-state index is 2.28. The van der Waals surface area contributed by atoms with Gasteiger partial charge < -0.3 is 0 Å². The molecule has 0 N–H and O–H groups in total. The summed E-state index contributed by atoms with van der Waals surface area (Å²) in [7, 11) is 0. The molecule has 0 aromatic heterocycles. The molecule has 0 bridgehead atoms. The summed E-state index contributed by atoms with van der Waals surface area (Å²) in [5.74, 6) is 0. The third-order valence-corrected chi connectivity index (χ3v) is 4.38. The van der Waals surface area contributed by atoms with E-state index in [4.69, 9.17) is 0 Å². The summed E-state index contributed by atoms with van der Waals surface area (Å²) in [6, 6.07) is 0. The zero-order valence-corrected chi connectivity index (χ0v) is 8.84. The zero-order chi connectivity index (χ0) is 6.95. The van der Waals surface area contributed by atoms with Crippen LogP contribution in [0.15, 0.2) is 0 Å². The summed E-state index contributed by atoms with van der Waals surface area (Å²) in [5, 5.41) is 3.16. The minimum atomic E-state index is 0.496. The van der Waals surface area contributed by atoms with E-state index in [2.05, 4.69) is 13.8 Å². The molecular formula is C8H19As. The van der Waals surface area contributed by atoms with Crippen LogP contribution in [0.3, 0.4) is 0 Å². The van der Waals surface area contributed by atoms with Crippen molar-refractivity contribution in [3.8, 4) is 0 Å². The molecule has 56 valence electrons. The van der Waals surface area contributed by atoms with E-state index in [1.165, 1.54) is 25.7 Å². The molecule has 0 unspecified atom stereocenters. The second-order valence-corrected chi connectivity index (χ2v) is 5.60. The fourth-order valence-electron chi connectivity index (χ4n) is 0.729. The molecule has 0 saturated carbocycles. The Balaban J connectivity index is 2.60. The van der Waals surface area contributed by atoms with Crippen LogP contribution >= 0.6 is 0 Å². The van der Waals surface area contributed by atoms with Crippen LogP contribution in [0.25, 0.3) is 0 Å². The van der Waals surface area contributed by atoms with Crippen molar-refractivity contribution in [1.82, 2.24) is 0 Å². The predicted molar refractivity (Wildman–Crippen MR) is 46.6 cm³/mol. The Labute approximate surface area is 66.1 Å². The summed E-state index contributed by atoms with van der Waals surface area (Å²) in [5.41, 5.74) is 0. The Hall–Kier alpha value is 0.558. The van der Waals surface area contributed by atoms with Crippen LogP contribution in [-0.2, 0) is 0 Å². The van der Waals surface area contributed by atoms with Gasteiger partial charge in [-0.25, -0.2) is 0 Å². The zero-order valence-electron chi connectivity index (χ0n) is 6.74. The third kappa shape index (κ3) is 8.56. The summed E-state index contributed by atoms with van der Waals surface area (Å²) in [4.78, 5) is 0. The van der Waals surface area contributed by atoms with Crippen LogP contribution in [0.2, 0.25) is 10.4 Å². The summed E-state index contributed by atoms with van der Waals surface area (Å²) >= 11 is 0.496. The minimum absolute atomic E-state index is 0.496. The molecule has 9 heavy (non-hydrogen) atoms. The van der Waals surface area contributed by atoms with Gasteiger partial charge in [0.2, 0.25) is 0 Å². The van der Waals surface area contributed by atoms with E-state index in [-0.39, 0.29) is 0 Å². The first-order valence-corrected chi connectivity index (χ1v) is 7.09. The van der Waals surface area contributed by atoms with Gasteiger partial charge in [0.1, 0.15) is 0 Å². The van der Waals surface area contributed by atoms with E-state index in [1.54, 1.807) is 10.4 Å². The Morgan fingerprint density at radius 3 is 1.67 bits per heavy atom. The van der Waals surface area contributed by atoms with Crippen LogP contribution in [0.4, 0.5) is 0 Å². The van der Waals surface area contributed by atoms with Gasteiger partial charge in [-0.05, 0) is 0 Å². The van der Waals surface area contributed by atoms with E-state index < -0.39 is 0 Å². The van der Waals surface area contributed by atoms with Crippen molar-refractivity contribution in [1.29, 1.82) is 0 Å². The molecule has 0 amide bonds. The molecule has 0 aromatic rings. The number of hydrogen-bond acceptors (Lipinski definition) is 0. The van der Waals surface area contributed by atoms with Crippen molar-refractivity contribution < 1.29 is 0 Å². The van der Waals surface area contributed by atoms with E-state index in [9.17, 15) is 0 Å². The fraction of sp³-hybridized carbons (Fsp3) is 1.00. The van der Waals surface area contributed by atoms with Crippen LogP contribution in [0.5, 0.6) is 0 Å². The standard InChI is InChI=1S/C8H19As/c1-3-5-7-9-8-6-4-2/h9H,3-8H2,1-2H3. The summed E-state index contributed by atoms with van der Waals surface area (Å²) < 4.78 is 0. The van der Waals surface area contributed by atoms with Crippen molar-refractivity contribution >= 4 is 15.8 Å². The van der Waals surface area contributed by atoms with Crippen molar-refractivity contribution in [2.24, 2.45) is 0 Å². The van der Waals surface area contributed by atoms with Gasteiger partial charge in [-0.3, -0.25) is 0 Å². The molecule has 0 aliphatic heterocycles. The topological polar surface area (TPSA) is 0 Å². The Kier molecular flexibility index (Phi) is 9.09. The van der Waals surface area contributed by atoms with Crippen LogP contribution in [-0.4, -0.2) is 15.8 Å². The average molecular weight is 190 g/mol.